The Morgan fingerprint density at radius 2 is 0.684 bits per heavy atom. The van der Waals surface area contributed by atoms with Crippen LogP contribution in [-0.4, -0.2) is 66.5 Å². The Morgan fingerprint density at radius 1 is 0.382 bits per heavy atom. The van der Waals surface area contributed by atoms with Crippen LogP contribution in [0.3, 0.4) is 0 Å². The van der Waals surface area contributed by atoms with Crippen molar-refractivity contribution in [2.45, 2.75) is 251 Å². The van der Waals surface area contributed by atoms with E-state index in [9.17, 15) is 28.9 Å². The Morgan fingerprint density at radius 3 is 1.05 bits per heavy atom. The minimum atomic E-state index is -4.77. The summed E-state index contributed by atoms with van der Waals surface area (Å²) in [6, 6.07) is 0. The number of rotatable bonds is 54. The minimum Gasteiger partial charge on any atom is -0.462 e. The zero-order chi connectivity index (χ0) is 55.5. The van der Waals surface area contributed by atoms with Gasteiger partial charge >= 0.3 is 25.7 Å². The lowest BCUT2D eigenvalue weighted by Crippen LogP contribution is -2.30. The third-order valence-electron chi connectivity index (χ3n) is 12.1. The highest BCUT2D eigenvalue weighted by atomic mass is 31.2. The fraction of sp³-hybridized carbons (Fsp3) is 0.672. The summed E-state index contributed by atoms with van der Waals surface area (Å²) in [6.07, 6.45) is 69.0. The molecule has 0 aromatic rings. The molecule has 0 aliphatic rings. The van der Waals surface area contributed by atoms with E-state index in [0.717, 1.165) is 173 Å². The Hall–Kier alpha value is -3.86. The molecule has 0 heterocycles. The number of carbonyl (C=O) groups is 3. The number of allylic oxidation sites excluding steroid dienone is 18. The van der Waals surface area contributed by atoms with Crippen molar-refractivity contribution >= 4 is 25.7 Å². The zero-order valence-electron chi connectivity index (χ0n) is 47.9. The van der Waals surface area contributed by atoms with Gasteiger partial charge in [0.2, 0.25) is 0 Å². The number of phosphoric ester groups is 1. The van der Waals surface area contributed by atoms with Gasteiger partial charge in [-0.3, -0.25) is 23.4 Å². The lowest BCUT2D eigenvalue weighted by atomic mass is 10.1. The molecule has 0 bridgehead atoms. The summed E-state index contributed by atoms with van der Waals surface area (Å²) in [5, 5.41) is 9.82. The number of hydrogen-bond acceptors (Lipinski definition) is 10. The number of esters is 3. The normalized spacial score (nSPS) is 14.1. The van der Waals surface area contributed by atoms with Gasteiger partial charge in [0, 0.05) is 19.3 Å². The van der Waals surface area contributed by atoms with Crippen LogP contribution in [0.1, 0.15) is 239 Å². The van der Waals surface area contributed by atoms with Crippen molar-refractivity contribution in [3.8, 4) is 0 Å². The molecule has 434 valence electrons. The molecule has 0 saturated carbocycles. The topological polar surface area (TPSA) is 155 Å². The quantitative estimate of drug-likeness (QED) is 0.0197. The highest BCUT2D eigenvalue weighted by Crippen LogP contribution is 2.43. The summed E-state index contributed by atoms with van der Waals surface area (Å²) < 4.78 is 39.5. The molecular formula is C64H107O11P. The first-order valence-corrected chi connectivity index (χ1v) is 31.3. The number of phosphoric acid groups is 1. The molecule has 3 unspecified atom stereocenters. The maximum absolute atomic E-state index is 12.9. The number of carbonyl (C=O) groups excluding carboxylic acids is 3. The van der Waals surface area contributed by atoms with Crippen molar-refractivity contribution in [2.24, 2.45) is 0 Å². The second-order valence-corrected chi connectivity index (χ2v) is 20.8. The van der Waals surface area contributed by atoms with E-state index in [-0.39, 0.29) is 25.9 Å². The third-order valence-corrected chi connectivity index (χ3v) is 13.1. The molecule has 76 heavy (non-hydrogen) atoms. The van der Waals surface area contributed by atoms with E-state index in [2.05, 4.69) is 130 Å². The monoisotopic (exact) mass is 1080 g/mol. The summed E-state index contributed by atoms with van der Waals surface area (Å²) in [4.78, 5) is 48.6. The summed E-state index contributed by atoms with van der Waals surface area (Å²) in [5.41, 5.74) is 0. The van der Waals surface area contributed by atoms with E-state index in [1.807, 2.05) is 0 Å². The number of hydrogen-bond donors (Lipinski definition) is 2. The Labute approximate surface area is 463 Å². The lowest BCUT2D eigenvalue weighted by Gasteiger charge is -2.21. The lowest BCUT2D eigenvalue weighted by molar-refractivity contribution is -0.161. The Bertz CT molecular complexity index is 1690. The molecule has 0 saturated heterocycles. The molecule has 12 heteroatoms. The van der Waals surface area contributed by atoms with E-state index in [1.54, 1.807) is 0 Å². The molecule has 0 aromatic carbocycles. The van der Waals surface area contributed by atoms with Gasteiger partial charge in [-0.25, -0.2) is 4.57 Å². The van der Waals surface area contributed by atoms with Crippen LogP contribution in [0.25, 0.3) is 0 Å². The molecular weight excluding hydrogens is 976 g/mol. The van der Waals surface area contributed by atoms with Crippen molar-refractivity contribution in [2.75, 3.05) is 26.4 Å². The van der Waals surface area contributed by atoms with Gasteiger partial charge in [0.1, 0.15) is 12.7 Å². The van der Waals surface area contributed by atoms with Crippen molar-refractivity contribution in [1.29, 1.82) is 0 Å². The molecule has 0 fully saturated rings. The average molecular weight is 1080 g/mol. The van der Waals surface area contributed by atoms with Crippen molar-refractivity contribution in [3.05, 3.63) is 109 Å². The fourth-order valence-electron chi connectivity index (χ4n) is 7.69. The SMILES string of the molecule is CC/C=C\C/C=C\C/C=C\C/C=C\CCCCCCCCC(=O)OCC(COP(=O)(O)OCC(CO)OC(=O)CCCCCCC/C=C\C/C=C\CCC)OC(=O)CCCCCCCCC/C=C\C/C=C\C/C=C\CC. The first-order valence-electron chi connectivity index (χ1n) is 29.8. The largest absolute Gasteiger partial charge is 0.472 e. The second kappa shape index (κ2) is 57.3. The van der Waals surface area contributed by atoms with Gasteiger partial charge in [0.05, 0.1) is 19.8 Å². The summed E-state index contributed by atoms with van der Waals surface area (Å²) in [5.74, 6) is -1.51. The van der Waals surface area contributed by atoms with E-state index in [1.165, 1.54) is 6.42 Å². The van der Waals surface area contributed by atoms with Crippen LogP contribution in [0.5, 0.6) is 0 Å². The average Bonchev–Trinajstić information content (AvgIpc) is 3.41. The highest BCUT2D eigenvalue weighted by Gasteiger charge is 2.28. The Balaban J connectivity index is 4.78. The molecule has 2 N–H and O–H groups in total. The van der Waals surface area contributed by atoms with Gasteiger partial charge in [-0.2, -0.15) is 0 Å². The standard InChI is InChI=1S/C64H107O11P/c1-4-7-10-13-16-19-22-25-27-29-30-32-33-36-38-41-44-47-50-53-62(66)71-57-61(75-64(68)55-52-49-46-43-40-37-34-31-28-26-23-20-17-14-11-8-5-2)59-73-76(69,70)72-58-60(56-65)74-63(67)54-51-48-45-42-39-35-24-21-18-15-12-9-6-3/h7-8,10-12,15-17,19-21,24-28,30,32,60-61,65H,4-6,9,13-14,18,22-23,29,31,33-59H2,1-3H3,(H,69,70)/b10-7-,11-8-,15-12-,19-16-,20-17-,24-21-,27-25-,28-26-,32-30-. The highest BCUT2D eigenvalue weighted by molar-refractivity contribution is 7.47. The van der Waals surface area contributed by atoms with E-state index < -0.39 is 57.8 Å². The molecule has 3 atom stereocenters. The van der Waals surface area contributed by atoms with Crippen LogP contribution in [-0.2, 0) is 42.2 Å². The summed E-state index contributed by atoms with van der Waals surface area (Å²) >= 11 is 0. The number of ether oxygens (including phenoxy) is 3. The van der Waals surface area contributed by atoms with E-state index in [0.29, 0.717) is 19.3 Å². The van der Waals surface area contributed by atoms with Crippen LogP contribution in [0.2, 0.25) is 0 Å². The zero-order valence-corrected chi connectivity index (χ0v) is 48.8. The van der Waals surface area contributed by atoms with Gasteiger partial charge < -0.3 is 24.2 Å². The molecule has 0 aliphatic carbocycles. The third kappa shape index (κ3) is 54.9. The molecule has 0 spiro atoms. The van der Waals surface area contributed by atoms with Crippen LogP contribution in [0.4, 0.5) is 0 Å². The van der Waals surface area contributed by atoms with Crippen LogP contribution >= 0.6 is 7.82 Å². The van der Waals surface area contributed by atoms with E-state index in [4.69, 9.17) is 23.3 Å². The molecule has 0 radical (unpaired) electrons. The number of unbranched alkanes of at least 4 members (excludes halogenated alkanes) is 19. The van der Waals surface area contributed by atoms with Crippen LogP contribution in [0, 0.1) is 0 Å². The van der Waals surface area contributed by atoms with Crippen molar-refractivity contribution < 1.29 is 52.2 Å². The summed E-state index contributed by atoms with van der Waals surface area (Å²) in [7, 11) is -4.77. The molecule has 0 aromatic heterocycles. The molecule has 0 aliphatic heterocycles. The molecule has 11 nitrogen and oxygen atoms in total. The van der Waals surface area contributed by atoms with Crippen molar-refractivity contribution in [1.82, 2.24) is 0 Å². The first kappa shape index (κ1) is 72.1. The maximum atomic E-state index is 12.9. The van der Waals surface area contributed by atoms with Gasteiger partial charge in [-0.15, -0.1) is 0 Å². The van der Waals surface area contributed by atoms with Crippen LogP contribution in [0.15, 0.2) is 109 Å². The predicted octanol–water partition coefficient (Wildman–Crippen LogP) is 17.8. The molecule has 0 rings (SSSR count). The molecule has 0 amide bonds. The number of aliphatic hydroxyl groups excluding tert-OH is 1. The van der Waals surface area contributed by atoms with Gasteiger partial charge in [0.15, 0.2) is 6.10 Å². The van der Waals surface area contributed by atoms with Gasteiger partial charge in [-0.1, -0.05) is 214 Å². The first-order chi connectivity index (χ1) is 37.2. The fourth-order valence-corrected chi connectivity index (χ4v) is 8.48. The maximum Gasteiger partial charge on any atom is 0.472 e. The number of aliphatic hydroxyl groups is 1. The van der Waals surface area contributed by atoms with Gasteiger partial charge in [-0.05, 0) is 116 Å². The smallest absolute Gasteiger partial charge is 0.462 e. The van der Waals surface area contributed by atoms with Crippen LogP contribution < -0.4 is 0 Å². The van der Waals surface area contributed by atoms with Crippen molar-refractivity contribution in [3.63, 3.8) is 0 Å². The predicted molar refractivity (Wildman–Crippen MR) is 316 cm³/mol. The Kier molecular flexibility index (Phi) is 54.4. The summed E-state index contributed by atoms with van der Waals surface area (Å²) in [6.45, 7) is 4.31. The second-order valence-electron chi connectivity index (χ2n) is 19.4. The van der Waals surface area contributed by atoms with Gasteiger partial charge in [0.25, 0.3) is 0 Å². The minimum absolute atomic E-state index is 0.147. The van der Waals surface area contributed by atoms with E-state index >= 15 is 0 Å².